The minimum Gasteiger partial charge on any atom is -0.437 e. The van der Waals surface area contributed by atoms with Gasteiger partial charge in [0.1, 0.15) is 5.75 Å². The lowest BCUT2D eigenvalue weighted by Gasteiger charge is -2.28. The van der Waals surface area contributed by atoms with Gasteiger partial charge < -0.3 is 20.1 Å². The molecule has 7 nitrogen and oxygen atoms in total. The predicted octanol–water partition coefficient (Wildman–Crippen LogP) is 3.15. The third-order valence-corrected chi connectivity index (χ3v) is 5.02. The van der Waals surface area contributed by atoms with Crippen molar-refractivity contribution in [1.82, 2.24) is 10.2 Å². The summed E-state index contributed by atoms with van der Waals surface area (Å²) in [6.45, 7) is 3.59. The summed E-state index contributed by atoms with van der Waals surface area (Å²) < 4.78 is 11.5. The van der Waals surface area contributed by atoms with Crippen molar-refractivity contribution in [3.63, 3.8) is 0 Å². The van der Waals surface area contributed by atoms with E-state index in [1.165, 1.54) is 5.56 Å². The third-order valence-electron chi connectivity index (χ3n) is 5.02. The number of benzene rings is 2. The number of hydrogen-bond acceptors (Lipinski definition) is 7. The van der Waals surface area contributed by atoms with Gasteiger partial charge in [-0.1, -0.05) is 24.3 Å². The Morgan fingerprint density at radius 2 is 1.90 bits per heavy atom. The van der Waals surface area contributed by atoms with Gasteiger partial charge in [-0.3, -0.25) is 0 Å². The Balaban J connectivity index is 1.64. The first-order valence-corrected chi connectivity index (χ1v) is 9.93. The van der Waals surface area contributed by atoms with Crippen LogP contribution in [0.5, 0.6) is 11.6 Å². The molecule has 0 bridgehead atoms. The lowest BCUT2D eigenvalue weighted by Crippen LogP contribution is -2.36. The highest BCUT2D eigenvalue weighted by Gasteiger charge is 2.15. The average Bonchev–Trinajstić information content (AvgIpc) is 2.81. The number of aromatic nitrogens is 2. The molecule has 0 atom stereocenters. The van der Waals surface area contributed by atoms with Crippen LogP contribution in [0.1, 0.15) is 11.1 Å². The average molecular weight is 401 g/mol. The summed E-state index contributed by atoms with van der Waals surface area (Å²) in [5.41, 5.74) is 10.2. The first-order chi connectivity index (χ1) is 14.8. The maximum atomic E-state index is 9.34. The first-order valence-electron chi connectivity index (χ1n) is 9.93. The van der Waals surface area contributed by atoms with E-state index in [0.29, 0.717) is 37.0 Å². The van der Waals surface area contributed by atoms with Gasteiger partial charge in [0, 0.05) is 24.7 Å². The smallest absolute Gasteiger partial charge is 0.240 e. The molecule has 30 heavy (non-hydrogen) atoms. The molecular weight excluding hydrogens is 378 g/mol. The van der Waals surface area contributed by atoms with E-state index in [-0.39, 0.29) is 0 Å². The number of nitriles is 1. The molecule has 7 heteroatoms. The Labute approximate surface area is 175 Å². The lowest BCUT2D eigenvalue weighted by molar-refractivity contribution is 0.122. The second kappa shape index (κ2) is 9.35. The number of ether oxygens (including phenoxy) is 2. The third kappa shape index (κ3) is 4.57. The molecule has 1 aliphatic rings. The molecule has 1 aromatic heterocycles. The molecule has 2 heterocycles. The zero-order chi connectivity index (χ0) is 20.8. The van der Waals surface area contributed by atoms with Crippen molar-refractivity contribution in [3.8, 4) is 28.8 Å². The predicted molar refractivity (Wildman–Crippen MR) is 114 cm³/mol. The zero-order valence-corrected chi connectivity index (χ0v) is 16.6. The fourth-order valence-electron chi connectivity index (χ4n) is 3.43. The topological polar surface area (TPSA) is 97.3 Å². The van der Waals surface area contributed by atoms with Gasteiger partial charge in [-0.05, 0) is 42.3 Å². The van der Waals surface area contributed by atoms with Crippen LogP contribution in [-0.2, 0) is 11.2 Å². The van der Waals surface area contributed by atoms with E-state index < -0.39 is 0 Å². The number of rotatable bonds is 6. The normalized spacial score (nSPS) is 13.7. The van der Waals surface area contributed by atoms with Crippen molar-refractivity contribution in [2.24, 2.45) is 5.73 Å². The minimum absolute atomic E-state index is 0.384. The fraction of sp³-hybridized carbons (Fsp3) is 0.261. The zero-order valence-electron chi connectivity index (χ0n) is 16.6. The molecule has 2 aromatic carbocycles. The second-order valence-electron chi connectivity index (χ2n) is 7.01. The largest absolute Gasteiger partial charge is 0.437 e. The van der Waals surface area contributed by atoms with Crippen LogP contribution in [0, 0.1) is 11.3 Å². The molecule has 0 amide bonds. The number of morpholine rings is 1. The monoisotopic (exact) mass is 401 g/mol. The van der Waals surface area contributed by atoms with Crippen molar-refractivity contribution < 1.29 is 9.47 Å². The van der Waals surface area contributed by atoms with E-state index in [2.05, 4.69) is 33.3 Å². The quantitative estimate of drug-likeness (QED) is 0.677. The molecule has 0 unspecified atom stereocenters. The number of nitrogens with zero attached hydrogens (tertiary/aromatic N) is 4. The summed E-state index contributed by atoms with van der Waals surface area (Å²) in [4.78, 5) is 2.19. The molecule has 0 radical (unpaired) electrons. The van der Waals surface area contributed by atoms with E-state index in [4.69, 9.17) is 15.2 Å². The first kappa shape index (κ1) is 19.8. The summed E-state index contributed by atoms with van der Waals surface area (Å²) in [5.74, 6) is 0.948. The van der Waals surface area contributed by atoms with Crippen molar-refractivity contribution in [2.75, 3.05) is 37.7 Å². The highest BCUT2D eigenvalue weighted by molar-refractivity contribution is 5.72. The summed E-state index contributed by atoms with van der Waals surface area (Å²) in [7, 11) is 0. The summed E-state index contributed by atoms with van der Waals surface area (Å²) in [5, 5.41) is 17.6. The molecule has 4 rings (SSSR count). The van der Waals surface area contributed by atoms with E-state index >= 15 is 0 Å². The van der Waals surface area contributed by atoms with E-state index in [0.717, 1.165) is 36.3 Å². The number of anilines is 1. The van der Waals surface area contributed by atoms with Gasteiger partial charge in [0.15, 0.2) is 0 Å². The molecule has 0 aliphatic carbocycles. The Morgan fingerprint density at radius 1 is 1.10 bits per heavy atom. The van der Waals surface area contributed by atoms with Crippen molar-refractivity contribution in [3.05, 3.63) is 65.9 Å². The molecule has 2 N–H and O–H groups in total. The van der Waals surface area contributed by atoms with E-state index in [9.17, 15) is 5.26 Å². The molecule has 152 valence electrons. The van der Waals surface area contributed by atoms with Crippen LogP contribution in [0.3, 0.4) is 0 Å². The Bertz CT molecular complexity index is 1040. The van der Waals surface area contributed by atoms with Crippen molar-refractivity contribution in [2.45, 2.75) is 6.42 Å². The van der Waals surface area contributed by atoms with Gasteiger partial charge in [0.2, 0.25) is 5.88 Å². The number of nitrogens with two attached hydrogens (primary N) is 1. The summed E-state index contributed by atoms with van der Waals surface area (Å²) >= 11 is 0. The molecule has 0 spiro atoms. The lowest BCUT2D eigenvalue weighted by atomic mass is 10.0. The standard InChI is InChI=1S/C23H23N5O2/c24-8-7-17-1-4-19(5-2-17)21-6-3-18(15-25)13-22(21)30-23-14-20(16-26-27-23)28-9-11-29-12-10-28/h1-6,13-14,16H,7-12,24H2. The van der Waals surface area contributed by atoms with Crippen molar-refractivity contribution >= 4 is 5.69 Å². The van der Waals surface area contributed by atoms with Gasteiger partial charge in [-0.25, -0.2) is 0 Å². The summed E-state index contributed by atoms with van der Waals surface area (Å²) in [6.07, 6.45) is 2.56. The Hall–Kier alpha value is -3.47. The number of hydrogen-bond donors (Lipinski definition) is 1. The highest BCUT2D eigenvalue weighted by Crippen LogP contribution is 2.34. The second-order valence-corrected chi connectivity index (χ2v) is 7.01. The van der Waals surface area contributed by atoms with Crippen LogP contribution in [0.4, 0.5) is 5.69 Å². The van der Waals surface area contributed by atoms with Crippen LogP contribution in [0.2, 0.25) is 0 Å². The molecule has 0 saturated carbocycles. The Kier molecular flexibility index (Phi) is 6.18. The van der Waals surface area contributed by atoms with Crippen LogP contribution < -0.4 is 15.4 Å². The van der Waals surface area contributed by atoms with Crippen LogP contribution in [0.15, 0.2) is 54.7 Å². The molecule has 1 aliphatic heterocycles. The van der Waals surface area contributed by atoms with Gasteiger partial charge in [-0.15, -0.1) is 5.10 Å². The van der Waals surface area contributed by atoms with E-state index in [1.807, 2.05) is 24.3 Å². The fourth-order valence-corrected chi connectivity index (χ4v) is 3.43. The van der Waals surface area contributed by atoms with E-state index in [1.54, 1.807) is 18.3 Å². The maximum Gasteiger partial charge on any atom is 0.240 e. The minimum atomic E-state index is 0.384. The molecule has 1 fully saturated rings. The Morgan fingerprint density at radius 3 is 2.63 bits per heavy atom. The molecule has 1 saturated heterocycles. The van der Waals surface area contributed by atoms with Crippen LogP contribution in [-0.4, -0.2) is 43.0 Å². The SMILES string of the molecule is N#Cc1ccc(-c2ccc(CCN)cc2)c(Oc2cc(N3CCOCC3)cnn2)c1. The van der Waals surface area contributed by atoms with Gasteiger partial charge in [0.25, 0.3) is 0 Å². The van der Waals surface area contributed by atoms with Crippen molar-refractivity contribution in [1.29, 1.82) is 5.26 Å². The molecular formula is C23H23N5O2. The van der Waals surface area contributed by atoms with Gasteiger partial charge in [-0.2, -0.15) is 10.4 Å². The highest BCUT2D eigenvalue weighted by atomic mass is 16.5. The molecule has 3 aromatic rings. The summed E-state index contributed by atoms with van der Waals surface area (Å²) in [6, 6.07) is 17.6. The van der Waals surface area contributed by atoms with Crippen LogP contribution in [0.25, 0.3) is 11.1 Å². The maximum absolute atomic E-state index is 9.34. The van der Waals surface area contributed by atoms with Gasteiger partial charge in [0.05, 0.1) is 36.7 Å². The van der Waals surface area contributed by atoms with Gasteiger partial charge >= 0.3 is 0 Å². The van der Waals surface area contributed by atoms with Crippen LogP contribution >= 0.6 is 0 Å².